The van der Waals surface area contributed by atoms with E-state index in [1.165, 1.54) is 6.20 Å². The first-order valence-electron chi connectivity index (χ1n) is 8.79. The largest absolute Gasteiger partial charge is 0.506 e. The molecule has 1 aliphatic carbocycles. The summed E-state index contributed by atoms with van der Waals surface area (Å²) in [5.41, 5.74) is 2.16. The Morgan fingerprint density at radius 2 is 1.84 bits per heavy atom. The highest BCUT2D eigenvalue weighted by Crippen LogP contribution is 2.32. The topological polar surface area (TPSA) is 62.2 Å². The molecule has 1 fully saturated rings. The summed E-state index contributed by atoms with van der Waals surface area (Å²) in [7, 11) is 0. The van der Waals surface area contributed by atoms with Gasteiger partial charge in [-0.05, 0) is 61.9 Å². The number of hydrogen-bond donors (Lipinski definition) is 2. The summed E-state index contributed by atoms with van der Waals surface area (Å²) in [5.74, 6) is 0.731. The van der Waals surface area contributed by atoms with Gasteiger partial charge in [0.25, 0.3) is 0 Å². The van der Waals surface area contributed by atoms with E-state index in [0.717, 1.165) is 43.4 Å². The Hall–Kier alpha value is -2.07. The van der Waals surface area contributed by atoms with Crippen molar-refractivity contribution < 1.29 is 9.90 Å². The maximum absolute atomic E-state index is 12.2. The lowest BCUT2D eigenvalue weighted by molar-refractivity contribution is -0.122. The van der Waals surface area contributed by atoms with Crippen molar-refractivity contribution in [3.63, 3.8) is 0 Å². The molecule has 3 rings (SSSR count). The third-order valence-corrected chi connectivity index (χ3v) is 5.09. The third kappa shape index (κ3) is 5.20. The van der Waals surface area contributed by atoms with Gasteiger partial charge >= 0.3 is 0 Å². The van der Waals surface area contributed by atoms with Crippen LogP contribution in [0.5, 0.6) is 5.75 Å². The van der Waals surface area contributed by atoms with Gasteiger partial charge in [-0.15, -0.1) is 0 Å². The molecule has 1 heterocycles. The number of amides is 1. The van der Waals surface area contributed by atoms with Crippen LogP contribution in [0.2, 0.25) is 5.02 Å². The van der Waals surface area contributed by atoms with Crippen LogP contribution in [-0.4, -0.2) is 22.0 Å². The Labute approximate surface area is 153 Å². The zero-order chi connectivity index (χ0) is 17.6. The Balaban J connectivity index is 1.41. The minimum absolute atomic E-state index is 0.112. The van der Waals surface area contributed by atoms with Gasteiger partial charge in [-0.3, -0.25) is 9.78 Å². The van der Waals surface area contributed by atoms with Crippen LogP contribution in [0.4, 0.5) is 0 Å². The number of aromatic nitrogens is 1. The molecule has 0 atom stereocenters. The van der Waals surface area contributed by atoms with Gasteiger partial charge in [0, 0.05) is 29.1 Å². The fourth-order valence-corrected chi connectivity index (χ4v) is 3.51. The number of carbonyl (C=O) groups is 1. The van der Waals surface area contributed by atoms with Crippen molar-refractivity contribution in [3.05, 3.63) is 58.9 Å². The summed E-state index contributed by atoms with van der Waals surface area (Å²) in [6.45, 7) is 0. The quantitative estimate of drug-likeness (QED) is 0.841. The van der Waals surface area contributed by atoms with E-state index >= 15 is 0 Å². The second-order valence-corrected chi connectivity index (χ2v) is 7.12. The van der Waals surface area contributed by atoms with Crippen molar-refractivity contribution in [1.82, 2.24) is 10.3 Å². The molecule has 1 amide bonds. The highest BCUT2D eigenvalue weighted by molar-refractivity contribution is 6.30. The minimum atomic E-state index is 0.112. The summed E-state index contributed by atoms with van der Waals surface area (Å²) in [4.78, 5) is 16.5. The first-order chi connectivity index (χ1) is 12.1. The predicted octanol–water partition coefficient (Wildman–Crippen LogP) is 4.22. The van der Waals surface area contributed by atoms with Crippen molar-refractivity contribution in [2.75, 3.05) is 0 Å². The van der Waals surface area contributed by atoms with Crippen LogP contribution in [0.25, 0.3) is 0 Å². The van der Waals surface area contributed by atoms with Gasteiger partial charge in [-0.1, -0.05) is 23.7 Å². The second-order valence-electron chi connectivity index (χ2n) is 6.68. The molecule has 0 unspecified atom stereocenters. The maximum atomic E-state index is 12.2. The normalized spacial score (nSPS) is 20.2. The van der Waals surface area contributed by atoms with Gasteiger partial charge in [-0.25, -0.2) is 0 Å². The summed E-state index contributed by atoms with van der Waals surface area (Å²) in [6, 6.07) is 11.5. The number of carbonyl (C=O) groups excluding carboxylic acids is 1. The molecule has 2 aromatic rings. The standard InChI is InChI=1S/C20H23ClN2O2/c21-16-6-1-14(2-7-16)3-12-20(25)23-17-8-4-15(5-9-17)19-11-10-18(24)13-22-19/h1-2,6-7,10-11,13,15,17,24H,3-5,8-9,12H2,(H,23,25). The molecule has 0 bridgehead atoms. The van der Waals surface area contributed by atoms with Gasteiger partial charge in [0.05, 0.1) is 6.20 Å². The third-order valence-electron chi connectivity index (χ3n) is 4.84. The Bertz CT molecular complexity index is 693. The molecule has 2 N–H and O–H groups in total. The minimum Gasteiger partial charge on any atom is -0.506 e. The zero-order valence-electron chi connectivity index (χ0n) is 14.1. The number of benzene rings is 1. The van der Waals surface area contributed by atoms with Crippen LogP contribution in [0.1, 0.15) is 49.3 Å². The molecule has 1 saturated carbocycles. The maximum Gasteiger partial charge on any atom is 0.220 e. The lowest BCUT2D eigenvalue weighted by Crippen LogP contribution is -2.37. The molecular weight excluding hydrogens is 336 g/mol. The number of hydrogen-bond acceptors (Lipinski definition) is 3. The highest BCUT2D eigenvalue weighted by Gasteiger charge is 2.24. The van der Waals surface area contributed by atoms with Gasteiger partial charge < -0.3 is 10.4 Å². The lowest BCUT2D eigenvalue weighted by atomic mass is 9.84. The molecule has 0 aliphatic heterocycles. The molecule has 1 aliphatic rings. The number of nitrogens with zero attached hydrogens (tertiary/aromatic N) is 1. The smallest absolute Gasteiger partial charge is 0.220 e. The SMILES string of the molecule is O=C(CCc1ccc(Cl)cc1)NC1CCC(c2ccc(O)cn2)CC1. The van der Waals surface area contributed by atoms with Crippen LogP contribution in [-0.2, 0) is 11.2 Å². The van der Waals surface area contributed by atoms with E-state index in [2.05, 4.69) is 10.3 Å². The number of halogens is 1. The predicted molar refractivity (Wildman–Crippen MR) is 98.8 cm³/mol. The molecule has 25 heavy (non-hydrogen) atoms. The zero-order valence-corrected chi connectivity index (χ0v) is 14.9. The first kappa shape index (κ1) is 17.7. The van der Waals surface area contributed by atoms with Crippen LogP contribution in [0.3, 0.4) is 0 Å². The molecule has 1 aromatic carbocycles. The van der Waals surface area contributed by atoms with E-state index in [1.807, 2.05) is 30.3 Å². The van der Waals surface area contributed by atoms with E-state index in [9.17, 15) is 9.90 Å². The van der Waals surface area contributed by atoms with Crippen molar-refractivity contribution in [3.8, 4) is 5.75 Å². The molecule has 132 valence electrons. The van der Waals surface area contributed by atoms with Crippen LogP contribution in [0.15, 0.2) is 42.6 Å². The fourth-order valence-electron chi connectivity index (χ4n) is 3.38. The first-order valence-corrected chi connectivity index (χ1v) is 9.16. The summed E-state index contributed by atoms with van der Waals surface area (Å²) in [5, 5.41) is 13.2. The number of rotatable bonds is 5. The molecule has 0 spiro atoms. The van der Waals surface area contributed by atoms with Crippen LogP contribution in [0, 0.1) is 0 Å². The van der Waals surface area contributed by atoms with Crippen molar-refractivity contribution in [1.29, 1.82) is 0 Å². The Kier molecular flexibility index (Phi) is 5.92. The molecule has 5 heteroatoms. The number of pyridine rings is 1. The number of aryl methyl sites for hydroxylation is 1. The highest BCUT2D eigenvalue weighted by atomic mass is 35.5. The monoisotopic (exact) mass is 358 g/mol. The van der Waals surface area contributed by atoms with Gasteiger partial charge in [0.2, 0.25) is 5.91 Å². The van der Waals surface area contributed by atoms with Gasteiger partial charge in [-0.2, -0.15) is 0 Å². The van der Waals surface area contributed by atoms with Crippen molar-refractivity contribution in [2.24, 2.45) is 0 Å². The Morgan fingerprint density at radius 3 is 2.48 bits per heavy atom. The summed E-state index contributed by atoms with van der Waals surface area (Å²) >= 11 is 5.87. The molecule has 0 saturated heterocycles. The van der Waals surface area contributed by atoms with Crippen LogP contribution >= 0.6 is 11.6 Å². The van der Waals surface area contributed by atoms with E-state index < -0.39 is 0 Å². The Morgan fingerprint density at radius 1 is 1.12 bits per heavy atom. The van der Waals surface area contributed by atoms with E-state index in [-0.39, 0.29) is 17.7 Å². The van der Waals surface area contributed by atoms with Gasteiger partial charge in [0.1, 0.15) is 5.75 Å². The number of nitrogens with one attached hydrogen (secondary N) is 1. The van der Waals surface area contributed by atoms with E-state index in [1.54, 1.807) is 6.07 Å². The number of aromatic hydroxyl groups is 1. The summed E-state index contributed by atoms with van der Waals surface area (Å²) < 4.78 is 0. The second kappa shape index (κ2) is 8.34. The van der Waals surface area contributed by atoms with E-state index in [4.69, 9.17) is 11.6 Å². The summed E-state index contributed by atoms with van der Waals surface area (Å²) in [6.07, 6.45) is 6.70. The molecule has 4 nitrogen and oxygen atoms in total. The average molecular weight is 359 g/mol. The van der Waals surface area contributed by atoms with Crippen LogP contribution < -0.4 is 5.32 Å². The van der Waals surface area contributed by atoms with Crippen molar-refractivity contribution in [2.45, 2.75) is 50.5 Å². The van der Waals surface area contributed by atoms with Crippen molar-refractivity contribution >= 4 is 17.5 Å². The fraction of sp³-hybridized carbons (Fsp3) is 0.400. The molecule has 0 radical (unpaired) electrons. The molecular formula is C20H23ClN2O2. The van der Waals surface area contributed by atoms with E-state index in [0.29, 0.717) is 17.4 Å². The van der Waals surface area contributed by atoms with Gasteiger partial charge in [0.15, 0.2) is 0 Å². The molecule has 1 aromatic heterocycles. The average Bonchev–Trinajstić information content (AvgIpc) is 2.63. The lowest BCUT2D eigenvalue weighted by Gasteiger charge is -2.28.